The van der Waals surface area contributed by atoms with Crippen LogP contribution in [0.25, 0.3) is 0 Å². The van der Waals surface area contributed by atoms with Gasteiger partial charge in [-0.25, -0.2) is 4.68 Å². The van der Waals surface area contributed by atoms with E-state index in [1.54, 1.807) is 32.2 Å². The summed E-state index contributed by atoms with van der Waals surface area (Å²) in [6.07, 6.45) is 1.59. The first-order valence-corrected chi connectivity index (χ1v) is 6.09. The maximum absolute atomic E-state index is 12.0. The van der Waals surface area contributed by atoms with E-state index in [-0.39, 0.29) is 12.3 Å². The minimum Gasteiger partial charge on any atom is -0.384 e. The Kier molecular flexibility index (Phi) is 3.48. The lowest BCUT2D eigenvalue weighted by atomic mass is 10.1. The lowest BCUT2D eigenvalue weighted by Crippen LogP contribution is -2.16. The molecule has 1 heterocycles. The number of ketones is 1. The van der Waals surface area contributed by atoms with Crippen molar-refractivity contribution in [3.63, 3.8) is 0 Å². The molecule has 1 aromatic carbocycles. The van der Waals surface area contributed by atoms with Gasteiger partial charge in [0.1, 0.15) is 17.8 Å². The summed E-state index contributed by atoms with van der Waals surface area (Å²) >= 11 is 0. The quantitative estimate of drug-likeness (QED) is 0.848. The van der Waals surface area contributed by atoms with Gasteiger partial charge in [-0.15, -0.1) is 5.10 Å². The number of hydrogen-bond acceptors (Lipinski definition) is 4. The molecule has 5 heteroatoms. The van der Waals surface area contributed by atoms with Crippen molar-refractivity contribution < 1.29 is 9.90 Å². The molecule has 1 N–H and O–H groups in total. The van der Waals surface area contributed by atoms with Crippen molar-refractivity contribution in [2.75, 3.05) is 0 Å². The molecule has 0 aliphatic rings. The third-order valence-corrected chi connectivity index (χ3v) is 2.84. The molecule has 0 fully saturated rings. The smallest absolute Gasteiger partial charge is 0.184 e. The van der Waals surface area contributed by atoms with Crippen LogP contribution in [0.3, 0.4) is 0 Å². The number of rotatable bonds is 4. The first-order valence-electron chi connectivity index (χ1n) is 6.09. The minimum atomic E-state index is -1.05. The SMILES string of the molecule is Cc1ccc(C(=O)Cn2cc(C(C)(C)O)nn2)cc1. The van der Waals surface area contributed by atoms with Gasteiger partial charge in [0.05, 0.1) is 6.20 Å². The highest BCUT2D eigenvalue weighted by atomic mass is 16.3. The van der Waals surface area contributed by atoms with Crippen molar-refractivity contribution in [3.05, 3.63) is 47.3 Å². The molecule has 0 amide bonds. The Bertz CT molecular complexity index is 579. The third kappa shape index (κ3) is 3.26. The van der Waals surface area contributed by atoms with Crippen LogP contribution in [0.2, 0.25) is 0 Å². The Labute approximate surface area is 111 Å². The number of nitrogens with zero attached hydrogens (tertiary/aromatic N) is 3. The van der Waals surface area contributed by atoms with Gasteiger partial charge in [0.2, 0.25) is 0 Å². The van der Waals surface area contributed by atoms with Crippen LogP contribution in [0.1, 0.15) is 35.5 Å². The zero-order valence-electron chi connectivity index (χ0n) is 11.3. The summed E-state index contributed by atoms with van der Waals surface area (Å²) in [5.74, 6) is -0.0350. The molecular formula is C14H17N3O2. The van der Waals surface area contributed by atoms with Crippen LogP contribution >= 0.6 is 0 Å². The Hall–Kier alpha value is -2.01. The molecule has 0 radical (unpaired) electrons. The van der Waals surface area contributed by atoms with Crippen LogP contribution in [0.4, 0.5) is 0 Å². The summed E-state index contributed by atoms with van der Waals surface area (Å²) in [6.45, 7) is 5.35. The van der Waals surface area contributed by atoms with Crippen molar-refractivity contribution >= 4 is 5.78 Å². The normalized spacial score (nSPS) is 11.6. The molecule has 1 aromatic heterocycles. The Balaban J connectivity index is 2.11. The fourth-order valence-electron chi connectivity index (χ4n) is 1.63. The lowest BCUT2D eigenvalue weighted by Gasteiger charge is -2.11. The largest absolute Gasteiger partial charge is 0.384 e. The van der Waals surface area contributed by atoms with Gasteiger partial charge in [-0.05, 0) is 20.8 Å². The Morgan fingerprint density at radius 2 is 1.95 bits per heavy atom. The second-order valence-electron chi connectivity index (χ2n) is 5.15. The fourth-order valence-corrected chi connectivity index (χ4v) is 1.63. The van der Waals surface area contributed by atoms with E-state index in [0.717, 1.165) is 5.56 Å². The van der Waals surface area contributed by atoms with Gasteiger partial charge >= 0.3 is 0 Å². The van der Waals surface area contributed by atoms with E-state index >= 15 is 0 Å². The molecule has 0 aliphatic carbocycles. The third-order valence-electron chi connectivity index (χ3n) is 2.84. The number of carbonyl (C=O) groups excluding carboxylic acids is 1. The highest BCUT2D eigenvalue weighted by Crippen LogP contribution is 2.15. The van der Waals surface area contributed by atoms with Crippen molar-refractivity contribution in [1.82, 2.24) is 15.0 Å². The van der Waals surface area contributed by atoms with Crippen LogP contribution in [0.15, 0.2) is 30.5 Å². The molecule has 0 saturated carbocycles. The standard InChI is InChI=1S/C14H17N3O2/c1-10-4-6-11(7-5-10)12(18)8-17-9-13(15-16-17)14(2,3)19/h4-7,9,19H,8H2,1-3H3. The predicted molar refractivity (Wildman–Crippen MR) is 70.8 cm³/mol. The number of aryl methyl sites for hydroxylation is 1. The molecule has 5 nitrogen and oxygen atoms in total. The van der Waals surface area contributed by atoms with Gasteiger partial charge in [0.15, 0.2) is 5.78 Å². The number of benzene rings is 1. The van der Waals surface area contributed by atoms with Crippen molar-refractivity contribution in [2.45, 2.75) is 32.9 Å². The second kappa shape index (κ2) is 4.93. The van der Waals surface area contributed by atoms with Crippen molar-refractivity contribution in [1.29, 1.82) is 0 Å². The van der Waals surface area contributed by atoms with E-state index in [1.807, 2.05) is 19.1 Å². The van der Waals surface area contributed by atoms with Gasteiger partial charge in [-0.1, -0.05) is 35.0 Å². The van der Waals surface area contributed by atoms with Crippen LogP contribution in [-0.4, -0.2) is 25.9 Å². The predicted octanol–water partition coefficient (Wildman–Crippen LogP) is 1.70. The molecule has 0 saturated heterocycles. The topological polar surface area (TPSA) is 68.0 Å². The van der Waals surface area contributed by atoms with E-state index in [9.17, 15) is 9.90 Å². The molecule has 0 unspecified atom stereocenters. The van der Waals surface area contributed by atoms with E-state index in [2.05, 4.69) is 10.3 Å². The van der Waals surface area contributed by atoms with Gasteiger partial charge in [-0.3, -0.25) is 4.79 Å². The van der Waals surface area contributed by atoms with Crippen LogP contribution in [0, 0.1) is 6.92 Å². The molecule has 0 bridgehead atoms. The minimum absolute atomic E-state index is 0.0350. The second-order valence-corrected chi connectivity index (χ2v) is 5.15. The van der Waals surface area contributed by atoms with E-state index in [4.69, 9.17) is 0 Å². The number of aliphatic hydroxyl groups is 1. The number of Topliss-reactive ketones (excluding diaryl/α,β-unsaturated/α-hetero) is 1. The first kappa shape index (κ1) is 13.4. The monoisotopic (exact) mass is 259 g/mol. The van der Waals surface area contributed by atoms with Gasteiger partial charge in [0, 0.05) is 5.56 Å². The van der Waals surface area contributed by atoms with Crippen molar-refractivity contribution in [2.24, 2.45) is 0 Å². The van der Waals surface area contributed by atoms with Crippen LogP contribution in [-0.2, 0) is 12.1 Å². The maximum atomic E-state index is 12.0. The summed E-state index contributed by atoms with van der Waals surface area (Å²) in [5, 5.41) is 17.5. The first-order chi connectivity index (χ1) is 8.86. The van der Waals surface area contributed by atoms with E-state index < -0.39 is 5.60 Å². The summed E-state index contributed by atoms with van der Waals surface area (Å²) in [4.78, 5) is 12.0. The Morgan fingerprint density at radius 1 is 1.32 bits per heavy atom. The van der Waals surface area contributed by atoms with Gasteiger partial charge in [-0.2, -0.15) is 0 Å². The molecular weight excluding hydrogens is 242 g/mol. The summed E-state index contributed by atoms with van der Waals surface area (Å²) in [5.41, 5.74) is 1.15. The van der Waals surface area contributed by atoms with E-state index in [1.165, 1.54) is 4.68 Å². The molecule has 0 aliphatic heterocycles. The lowest BCUT2D eigenvalue weighted by molar-refractivity contribution is 0.0736. The molecule has 0 atom stereocenters. The zero-order valence-corrected chi connectivity index (χ0v) is 11.3. The average Bonchev–Trinajstić information content (AvgIpc) is 2.78. The molecule has 100 valence electrons. The molecule has 0 spiro atoms. The fraction of sp³-hybridized carbons (Fsp3) is 0.357. The van der Waals surface area contributed by atoms with Gasteiger partial charge in [0.25, 0.3) is 0 Å². The van der Waals surface area contributed by atoms with Crippen LogP contribution < -0.4 is 0 Å². The molecule has 2 aromatic rings. The number of aromatic nitrogens is 3. The Morgan fingerprint density at radius 3 is 2.47 bits per heavy atom. The maximum Gasteiger partial charge on any atom is 0.184 e. The number of hydrogen-bond donors (Lipinski definition) is 1. The number of carbonyl (C=O) groups is 1. The van der Waals surface area contributed by atoms with E-state index in [0.29, 0.717) is 11.3 Å². The van der Waals surface area contributed by atoms with Gasteiger partial charge < -0.3 is 5.11 Å². The average molecular weight is 259 g/mol. The van der Waals surface area contributed by atoms with Crippen LogP contribution in [0.5, 0.6) is 0 Å². The highest BCUT2D eigenvalue weighted by molar-refractivity contribution is 5.95. The molecule has 2 rings (SSSR count). The summed E-state index contributed by atoms with van der Waals surface area (Å²) < 4.78 is 1.44. The summed E-state index contributed by atoms with van der Waals surface area (Å²) in [7, 11) is 0. The summed E-state index contributed by atoms with van der Waals surface area (Å²) in [6, 6.07) is 7.39. The van der Waals surface area contributed by atoms with Crippen molar-refractivity contribution in [3.8, 4) is 0 Å². The zero-order chi connectivity index (χ0) is 14.0. The highest BCUT2D eigenvalue weighted by Gasteiger charge is 2.20. The molecule has 19 heavy (non-hydrogen) atoms.